The average molecular weight is 489 g/mol. The van der Waals surface area contributed by atoms with Crippen LogP contribution in [0.4, 0.5) is 4.39 Å². The quantitative estimate of drug-likeness (QED) is 0.565. The van der Waals surface area contributed by atoms with E-state index >= 15 is 0 Å². The van der Waals surface area contributed by atoms with Crippen LogP contribution in [0.3, 0.4) is 0 Å². The molecule has 0 heterocycles. The summed E-state index contributed by atoms with van der Waals surface area (Å²) in [5.74, 6) is -0.279. The summed E-state index contributed by atoms with van der Waals surface area (Å²) in [6.45, 7) is 1.65. The summed E-state index contributed by atoms with van der Waals surface area (Å²) < 4.78 is 51.7. The first kappa shape index (κ1) is 23.1. The highest BCUT2D eigenvalue weighted by Crippen LogP contribution is 2.33. The molecule has 0 aliphatic carbocycles. The molecule has 7 nitrogen and oxygen atoms in total. The molecule has 29 heavy (non-hydrogen) atoms. The van der Waals surface area contributed by atoms with E-state index < -0.39 is 32.7 Å². The van der Waals surface area contributed by atoms with Crippen LogP contribution in [0, 0.1) is 5.82 Å². The minimum atomic E-state index is -4.16. The molecule has 0 fully saturated rings. The van der Waals surface area contributed by atoms with Crippen LogP contribution in [0.15, 0.2) is 45.8 Å². The Bertz CT molecular complexity index is 985. The van der Waals surface area contributed by atoms with Gasteiger partial charge in [0, 0.05) is 11.0 Å². The second-order valence-corrected chi connectivity index (χ2v) is 8.65. The van der Waals surface area contributed by atoms with Gasteiger partial charge in [0.15, 0.2) is 11.5 Å². The normalized spacial score (nSPS) is 12.3. The molecule has 0 unspecified atom stereocenters. The van der Waals surface area contributed by atoms with E-state index in [0.717, 1.165) is 22.2 Å². The van der Waals surface area contributed by atoms with Crippen molar-refractivity contribution in [1.29, 1.82) is 0 Å². The van der Waals surface area contributed by atoms with Gasteiger partial charge in [-0.3, -0.25) is 4.79 Å². The van der Waals surface area contributed by atoms with Crippen LogP contribution in [0.1, 0.15) is 12.5 Å². The Kier molecular flexibility index (Phi) is 8.00. The van der Waals surface area contributed by atoms with E-state index in [1.165, 1.54) is 33.3 Å². The number of nitrogens with one attached hydrogen (secondary N) is 2. The number of amides is 1. The molecule has 0 spiro atoms. The molecule has 2 aromatic rings. The van der Waals surface area contributed by atoms with Gasteiger partial charge >= 0.3 is 0 Å². The minimum Gasteiger partial charge on any atom is -0.493 e. The van der Waals surface area contributed by atoms with Crippen molar-refractivity contribution in [3.63, 3.8) is 0 Å². The summed E-state index contributed by atoms with van der Waals surface area (Å²) in [5, 5.41) is 2.66. The third kappa shape index (κ3) is 5.91. The number of rotatable bonds is 9. The van der Waals surface area contributed by atoms with Gasteiger partial charge < -0.3 is 14.8 Å². The van der Waals surface area contributed by atoms with Gasteiger partial charge in [-0.05, 0) is 43.2 Å². The monoisotopic (exact) mass is 488 g/mol. The third-order valence-corrected chi connectivity index (χ3v) is 6.41. The number of carbonyl (C=O) groups excluding carboxylic acids is 1. The van der Waals surface area contributed by atoms with Gasteiger partial charge in [-0.15, -0.1) is 0 Å². The van der Waals surface area contributed by atoms with Crippen LogP contribution >= 0.6 is 15.9 Å². The molecular formula is C19H22BrFN2O5S. The summed E-state index contributed by atoms with van der Waals surface area (Å²) in [6, 6.07) is 7.45. The topological polar surface area (TPSA) is 93.7 Å². The number of hydrogen-bond acceptors (Lipinski definition) is 5. The number of benzene rings is 2. The van der Waals surface area contributed by atoms with Gasteiger partial charge in [0.1, 0.15) is 10.7 Å². The highest BCUT2D eigenvalue weighted by atomic mass is 79.9. The Morgan fingerprint density at radius 3 is 2.41 bits per heavy atom. The van der Waals surface area contributed by atoms with Crippen molar-refractivity contribution >= 4 is 31.9 Å². The highest BCUT2D eigenvalue weighted by molar-refractivity contribution is 9.10. The molecule has 0 aliphatic heterocycles. The molecule has 2 rings (SSSR count). The Morgan fingerprint density at radius 1 is 1.17 bits per heavy atom. The maximum absolute atomic E-state index is 13.7. The van der Waals surface area contributed by atoms with E-state index in [9.17, 15) is 17.6 Å². The van der Waals surface area contributed by atoms with E-state index in [4.69, 9.17) is 9.47 Å². The Balaban J connectivity index is 1.97. The molecule has 158 valence electrons. The van der Waals surface area contributed by atoms with Crippen LogP contribution in [0.2, 0.25) is 0 Å². The largest absolute Gasteiger partial charge is 0.493 e. The molecule has 2 N–H and O–H groups in total. The number of carbonyl (C=O) groups is 1. The Morgan fingerprint density at radius 2 is 1.79 bits per heavy atom. The van der Waals surface area contributed by atoms with Crippen LogP contribution < -0.4 is 19.5 Å². The summed E-state index contributed by atoms with van der Waals surface area (Å²) in [6.07, 6.45) is 0.472. The van der Waals surface area contributed by atoms with Crippen molar-refractivity contribution in [3.8, 4) is 11.5 Å². The van der Waals surface area contributed by atoms with Gasteiger partial charge in [-0.2, -0.15) is 4.72 Å². The van der Waals surface area contributed by atoms with Crippen molar-refractivity contribution in [2.75, 3.05) is 20.8 Å². The lowest BCUT2D eigenvalue weighted by atomic mass is 10.1. The van der Waals surface area contributed by atoms with Crippen molar-refractivity contribution in [2.45, 2.75) is 24.3 Å². The molecule has 0 saturated carbocycles. The zero-order chi connectivity index (χ0) is 21.6. The SMILES string of the molecule is COc1cc(Br)c(CCNC(=O)[C@H](C)NS(=O)(=O)c2ccccc2F)cc1OC. The van der Waals surface area contributed by atoms with Crippen LogP contribution in [0.5, 0.6) is 11.5 Å². The summed E-state index contributed by atoms with van der Waals surface area (Å²) in [4.78, 5) is 11.7. The first-order chi connectivity index (χ1) is 13.7. The van der Waals surface area contributed by atoms with E-state index in [2.05, 4.69) is 26.0 Å². The Labute approximate surface area is 177 Å². The average Bonchev–Trinajstić information content (AvgIpc) is 2.68. The van der Waals surface area contributed by atoms with E-state index in [1.54, 1.807) is 12.1 Å². The fraction of sp³-hybridized carbons (Fsp3) is 0.316. The highest BCUT2D eigenvalue weighted by Gasteiger charge is 2.24. The molecular weight excluding hydrogens is 467 g/mol. The van der Waals surface area contributed by atoms with E-state index in [-0.39, 0.29) is 6.54 Å². The molecule has 1 amide bonds. The van der Waals surface area contributed by atoms with Crippen molar-refractivity contribution in [3.05, 3.63) is 52.3 Å². The molecule has 1 atom stereocenters. The molecule has 0 aliphatic rings. The van der Waals surface area contributed by atoms with Gasteiger partial charge in [-0.25, -0.2) is 12.8 Å². The predicted octanol–water partition coefficient (Wildman–Crippen LogP) is 2.63. The van der Waals surface area contributed by atoms with Crippen LogP contribution in [0.25, 0.3) is 0 Å². The lowest BCUT2D eigenvalue weighted by molar-refractivity contribution is -0.122. The van der Waals surface area contributed by atoms with Crippen LogP contribution in [-0.4, -0.2) is 41.1 Å². The van der Waals surface area contributed by atoms with Crippen molar-refractivity contribution in [2.24, 2.45) is 0 Å². The van der Waals surface area contributed by atoms with E-state index in [1.807, 2.05) is 0 Å². The second-order valence-electron chi connectivity index (χ2n) is 6.11. The number of halogens is 2. The zero-order valence-corrected chi connectivity index (χ0v) is 18.6. The van der Waals surface area contributed by atoms with Gasteiger partial charge in [0.05, 0.1) is 20.3 Å². The first-order valence-electron chi connectivity index (χ1n) is 8.64. The van der Waals surface area contributed by atoms with Gasteiger partial charge in [0.2, 0.25) is 15.9 Å². The number of ether oxygens (including phenoxy) is 2. The first-order valence-corrected chi connectivity index (χ1v) is 10.9. The van der Waals surface area contributed by atoms with Crippen molar-refractivity contribution in [1.82, 2.24) is 10.0 Å². The maximum Gasteiger partial charge on any atom is 0.244 e. The van der Waals surface area contributed by atoms with Gasteiger partial charge in [-0.1, -0.05) is 28.1 Å². The lowest BCUT2D eigenvalue weighted by Gasteiger charge is -2.15. The maximum atomic E-state index is 13.7. The molecule has 10 heteroatoms. The fourth-order valence-electron chi connectivity index (χ4n) is 2.57. The summed E-state index contributed by atoms with van der Waals surface area (Å²) >= 11 is 3.44. The van der Waals surface area contributed by atoms with Crippen LogP contribution in [-0.2, 0) is 21.2 Å². The molecule has 0 bridgehead atoms. The zero-order valence-electron chi connectivity index (χ0n) is 16.2. The number of methoxy groups -OCH3 is 2. The second kappa shape index (κ2) is 10.0. The summed E-state index contributed by atoms with van der Waals surface area (Å²) in [7, 11) is -1.10. The summed E-state index contributed by atoms with van der Waals surface area (Å²) in [5.41, 5.74) is 0.877. The standard InChI is InChI=1S/C19H22BrFN2O5S/c1-12(23-29(25,26)18-7-5-4-6-15(18)21)19(24)22-9-8-13-10-16(27-2)17(28-3)11-14(13)20/h4-7,10-12,23H,8-9H2,1-3H3,(H,22,24)/t12-/m0/s1. The predicted molar refractivity (Wildman–Crippen MR) is 110 cm³/mol. The van der Waals surface area contributed by atoms with Gasteiger partial charge in [0.25, 0.3) is 0 Å². The molecule has 2 aromatic carbocycles. The minimum absolute atomic E-state index is 0.263. The van der Waals surface area contributed by atoms with Crippen molar-refractivity contribution < 1.29 is 27.1 Å². The van der Waals surface area contributed by atoms with E-state index in [0.29, 0.717) is 17.9 Å². The molecule has 0 saturated heterocycles. The lowest BCUT2D eigenvalue weighted by Crippen LogP contribution is -2.45. The molecule has 0 aromatic heterocycles. The smallest absolute Gasteiger partial charge is 0.244 e. The Hall–Kier alpha value is -2.17. The fourth-order valence-corrected chi connectivity index (χ4v) is 4.38. The number of sulfonamides is 1. The molecule has 0 radical (unpaired) electrons. The third-order valence-electron chi connectivity index (χ3n) is 4.10. The number of hydrogen-bond donors (Lipinski definition) is 2.